The average Bonchev–Trinajstić information content (AvgIpc) is 2.41. The lowest BCUT2D eigenvalue weighted by molar-refractivity contribution is 0.581. The van der Waals surface area contributed by atoms with E-state index in [0.717, 1.165) is 5.56 Å². The molecule has 0 aliphatic carbocycles. The molecule has 0 N–H and O–H groups in total. The molecule has 1 atom stereocenters. The topological polar surface area (TPSA) is 65.8 Å². The molecule has 0 fully saturated rings. The maximum absolute atomic E-state index is 12.8. The number of rotatable bonds is 4. The molecule has 5 heteroatoms. The van der Waals surface area contributed by atoms with Gasteiger partial charge in [0.1, 0.15) is 0 Å². The molecule has 0 aliphatic heterocycles. The Labute approximate surface area is 105 Å². The van der Waals surface area contributed by atoms with Crippen LogP contribution in [0.4, 0.5) is 0 Å². The zero-order valence-corrected chi connectivity index (χ0v) is 10.6. The molecule has 0 spiro atoms. The Kier molecular flexibility index (Phi) is 3.83. The molecule has 1 unspecified atom stereocenters. The number of hydrogen-bond donors (Lipinski definition) is 0. The summed E-state index contributed by atoms with van der Waals surface area (Å²) >= 11 is 0. The van der Waals surface area contributed by atoms with Crippen LogP contribution in [-0.4, -0.2) is 0 Å². The van der Waals surface area contributed by atoms with Crippen molar-refractivity contribution in [1.29, 1.82) is 0 Å². The number of hydrogen-bond acceptors (Lipinski definition) is 1. The highest BCUT2D eigenvalue weighted by atomic mass is 31.2. The lowest BCUT2D eigenvalue weighted by Gasteiger charge is -2.12. The first kappa shape index (κ1) is 12.4. The molecule has 2 aromatic carbocycles. The Hall–Kier alpha value is -2.02. The number of benzene rings is 2. The molecule has 0 aliphatic rings. The monoisotopic (exact) mass is 257 g/mol. The van der Waals surface area contributed by atoms with E-state index >= 15 is 0 Å². The van der Waals surface area contributed by atoms with Crippen LogP contribution in [0.25, 0.3) is 10.4 Å². The van der Waals surface area contributed by atoms with Gasteiger partial charge in [0.25, 0.3) is 0 Å². The molecular weight excluding hydrogens is 245 g/mol. The normalized spacial score (nSPS) is 13.3. The highest BCUT2D eigenvalue weighted by Gasteiger charge is 2.23. The van der Waals surface area contributed by atoms with Crippen LogP contribution in [0.3, 0.4) is 0 Å². The van der Waals surface area contributed by atoms with Crippen molar-refractivity contribution in [3.8, 4) is 0 Å². The summed E-state index contributed by atoms with van der Waals surface area (Å²) in [5.74, 6) is 0. The molecule has 0 aromatic heterocycles. The van der Waals surface area contributed by atoms with Crippen LogP contribution in [0.2, 0.25) is 0 Å². The van der Waals surface area contributed by atoms with Gasteiger partial charge in [0.05, 0.1) is 0 Å². The van der Waals surface area contributed by atoms with Gasteiger partial charge >= 0.3 is 0 Å². The van der Waals surface area contributed by atoms with Crippen molar-refractivity contribution in [2.75, 3.05) is 0 Å². The summed E-state index contributed by atoms with van der Waals surface area (Å²) in [5, 5.41) is 0.589. The van der Waals surface area contributed by atoms with E-state index in [1.54, 1.807) is 24.3 Å². The van der Waals surface area contributed by atoms with Crippen LogP contribution < -0.4 is 5.30 Å². The first-order valence-corrected chi connectivity index (χ1v) is 7.34. The molecule has 2 rings (SSSR count). The lowest BCUT2D eigenvalue weighted by atomic mass is 10.2. The van der Waals surface area contributed by atoms with Gasteiger partial charge in [-0.1, -0.05) is 60.7 Å². The summed E-state index contributed by atoms with van der Waals surface area (Å²) in [7, 11) is -3.09. The van der Waals surface area contributed by atoms with Crippen molar-refractivity contribution in [1.82, 2.24) is 0 Å². The molecular formula is C13H12N3OP. The minimum Gasteiger partial charge on any atom is -0.311 e. The van der Waals surface area contributed by atoms with E-state index in [1.807, 2.05) is 36.4 Å². The lowest BCUT2D eigenvalue weighted by Crippen LogP contribution is -2.03. The van der Waals surface area contributed by atoms with E-state index in [1.165, 1.54) is 0 Å². The van der Waals surface area contributed by atoms with Gasteiger partial charge in [-0.05, 0) is 16.0 Å². The van der Waals surface area contributed by atoms with Crippen molar-refractivity contribution >= 4 is 12.6 Å². The van der Waals surface area contributed by atoms with Crippen LogP contribution in [0.1, 0.15) is 5.56 Å². The molecule has 4 nitrogen and oxygen atoms in total. The molecule has 0 heterocycles. The van der Waals surface area contributed by atoms with Crippen LogP contribution in [-0.2, 0) is 10.7 Å². The van der Waals surface area contributed by atoms with Gasteiger partial charge in [0.15, 0.2) is 0 Å². The molecule has 0 saturated heterocycles. The summed E-state index contributed by atoms with van der Waals surface area (Å²) in [5.41, 5.74) is 9.53. The highest BCUT2D eigenvalue weighted by Crippen LogP contribution is 2.49. The minimum absolute atomic E-state index is 0.252. The van der Waals surface area contributed by atoms with Crippen molar-refractivity contribution in [3.63, 3.8) is 0 Å². The van der Waals surface area contributed by atoms with E-state index in [-0.39, 0.29) is 6.16 Å². The fourth-order valence-electron chi connectivity index (χ4n) is 1.73. The molecule has 0 radical (unpaired) electrons. The summed E-state index contributed by atoms with van der Waals surface area (Å²) in [6.45, 7) is 0. The van der Waals surface area contributed by atoms with Crippen LogP contribution in [0, 0.1) is 0 Å². The number of nitrogens with zero attached hydrogens (tertiary/aromatic N) is 3. The second-order valence-corrected chi connectivity index (χ2v) is 6.27. The third-order valence-corrected chi connectivity index (χ3v) is 4.85. The van der Waals surface area contributed by atoms with Crippen LogP contribution >= 0.6 is 7.29 Å². The standard InChI is InChI=1S/C13H12N3OP/c14-15-16-18(17,13-9-5-2-6-10-13)11-12-7-3-1-4-8-12/h1-10H,11H2. The Morgan fingerprint density at radius 1 is 1.00 bits per heavy atom. The molecule has 18 heavy (non-hydrogen) atoms. The molecule has 0 bridgehead atoms. The van der Waals surface area contributed by atoms with Gasteiger partial charge in [-0.15, -0.1) is 0 Å². The maximum atomic E-state index is 12.8. The van der Waals surface area contributed by atoms with Crippen molar-refractivity contribution in [2.45, 2.75) is 6.16 Å². The first-order chi connectivity index (χ1) is 8.74. The number of azide groups is 1. The smallest absolute Gasteiger partial charge is 0.205 e. The third-order valence-electron chi connectivity index (χ3n) is 2.58. The molecule has 90 valence electrons. The minimum atomic E-state index is -3.09. The second kappa shape index (κ2) is 5.54. The zero-order chi connectivity index (χ0) is 12.8. The average molecular weight is 257 g/mol. The fourth-order valence-corrected chi connectivity index (χ4v) is 3.55. The van der Waals surface area contributed by atoms with Gasteiger partial charge in [0, 0.05) is 16.4 Å². The predicted octanol–water partition coefficient (Wildman–Crippen LogP) is 4.10. The quantitative estimate of drug-likeness (QED) is 0.352. The molecule has 0 amide bonds. The van der Waals surface area contributed by atoms with E-state index < -0.39 is 7.29 Å². The van der Waals surface area contributed by atoms with Crippen molar-refractivity contribution < 1.29 is 4.57 Å². The van der Waals surface area contributed by atoms with E-state index in [2.05, 4.69) is 9.80 Å². The highest BCUT2D eigenvalue weighted by molar-refractivity contribution is 7.69. The van der Waals surface area contributed by atoms with Gasteiger partial charge in [-0.3, -0.25) is 0 Å². The van der Waals surface area contributed by atoms with Crippen molar-refractivity contribution in [3.05, 3.63) is 76.7 Å². The summed E-state index contributed by atoms with van der Waals surface area (Å²) in [6.07, 6.45) is 0.252. The zero-order valence-electron chi connectivity index (χ0n) is 9.68. The maximum Gasteiger partial charge on any atom is 0.205 e. The summed E-state index contributed by atoms with van der Waals surface area (Å²) in [4.78, 5) is 6.30. The van der Waals surface area contributed by atoms with Crippen LogP contribution in [0.15, 0.2) is 65.5 Å². The van der Waals surface area contributed by atoms with E-state index in [0.29, 0.717) is 5.30 Å². The summed E-state index contributed by atoms with van der Waals surface area (Å²) < 4.78 is 12.8. The predicted molar refractivity (Wildman–Crippen MR) is 73.0 cm³/mol. The van der Waals surface area contributed by atoms with E-state index in [4.69, 9.17) is 5.53 Å². The fraction of sp³-hybridized carbons (Fsp3) is 0.0769. The Bertz CT molecular complexity index is 607. The van der Waals surface area contributed by atoms with E-state index in [9.17, 15) is 4.57 Å². The van der Waals surface area contributed by atoms with Crippen molar-refractivity contribution in [2.24, 2.45) is 4.88 Å². The Morgan fingerprint density at radius 3 is 2.11 bits per heavy atom. The summed E-state index contributed by atoms with van der Waals surface area (Å²) in [6, 6.07) is 18.3. The third kappa shape index (κ3) is 2.80. The second-order valence-electron chi connectivity index (χ2n) is 3.86. The molecule has 0 saturated carbocycles. The van der Waals surface area contributed by atoms with Gasteiger partial charge in [0.2, 0.25) is 7.29 Å². The Morgan fingerprint density at radius 2 is 1.56 bits per heavy atom. The van der Waals surface area contributed by atoms with Gasteiger partial charge in [-0.2, -0.15) is 0 Å². The van der Waals surface area contributed by atoms with Gasteiger partial charge in [-0.25, -0.2) is 0 Å². The Balaban J connectivity index is 2.40. The van der Waals surface area contributed by atoms with Gasteiger partial charge < -0.3 is 4.57 Å². The van der Waals surface area contributed by atoms with Crippen LogP contribution in [0.5, 0.6) is 0 Å². The first-order valence-electron chi connectivity index (χ1n) is 5.50. The largest absolute Gasteiger partial charge is 0.311 e. The molecule has 2 aromatic rings. The SMILES string of the molecule is [N-]=[N+]=NP(=O)(Cc1ccccc1)c1ccccc1.